The molecule has 0 spiro atoms. The summed E-state index contributed by atoms with van der Waals surface area (Å²) in [6.45, 7) is 3.52. The van der Waals surface area contributed by atoms with Crippen LogP contribution in [-0.2, 0) is 0 Å². The number of hydrogen-bond donors (Lipinski definition) is 1. The van der Waals surface area contributed by atoms with Crippen molar-refractivity contribution in [1.82, 2.24) is 0 Å². The van der Waals surface area contributed by atoms with E-state index in [-0.39, 0.29) is 12.5 Å². The van der Waals surface area contributed by atoms with Crippen LogP contribution >= 0.6 is 0 Å². The van der Waals surface area contributed by atoms with Crippen LogP contribution in [0.5, 0.6) is 0 Å². The third kappa shape index (κ3) is 1.82. The third-order valence-electron chi connectivity index (χ3n) is 0.569. The zero-order chi connectivity index (χ0) is 5.15. The summed E-state index contributed by atoms with van der Waals surface area (Å²) in [6.07, 6.45) is 0. The van der Waals surface area contributed by atoms with E-state index in [2.05, 4.69) is 0 Å². The van der Waals surface area contributed by atoms with Crippen LogP contribution in [-0.4, -0.2) is 12.5 Å². The molecule has 0 atom stereocenters. The highest BCUT2D eigenvalue weighted by Gasteiger charge is 2.02. The van der Waals surface area contributed by atoms with Crippen LogP contribution in [0.15, 0.2) is 0 Å². The molecular weight excluding hydrogens is 76.9 g/mol. The molecule has 0 aromatic rings. The van der Waals surface area contributed by atoms with Crippen molar-refractivity contribution in [2.24, 2.45) is 5.73 Å². The molecule has 3 heteroatoms. The molecule has 0 saturated heterocycles. The second-order valence-electron chi connectivity index (χ2n) is 1.56. The molecule has 0 fully saturated rings. The molecule has 0 saturated carbocycles. The van der Waals surface area contributed by atoms with Gasteiger partial charge in [-0.05, 0) is 0 Å². The lowest BCUT2D eigenvalue weighted by Gasteiger charge is -1.85. The average molecular weight is 84.9 g/mol. The van der Waals surface area contributed by atoms with E-state index in [0.29, 0.717) is 0 Å². The molecule has 2 nitrogen and oxygen atoms in total. The summed E-state index contributed by atoms with van der Waals surface area (Å²) < 4.78 is 0. The van der Waals surface area contributed by atoms with Gasteiger partial charge in [-0.3, -0.25) is 4.79 Å². The van der Waals surface area contributed by atoms with Crippen molar-refractivity contribution in [2.75, 3.05) is 0 Å². The molecule has 0 bridgehead atoms. The standard InChI is InChI=1S/C3H8BNO/c1-4(2)3(5)6/h1-2H3,(H2,5,6). The van der Waals surface area contributed by atoms with Gasteiger partial charge in [0.15, 0.2) is 5.81 Å². The van der Waals surface area contributed by atoms with Gasteiger partial charge in [-0.25, -0.2) is 0 Å². The minimum atomic E-state index is -0.241. The summed E-state index contributed by atoms with van der Waals surface area (Å²) in [6, 6.07) is 0. The van der Waals surface area contributed by atoms with E-state index in [1.165, 1.54) is 0 Å². The Morgan fingerprint density at radius 1 is 1.67 bits per heavy atom. The summed E-state index contributed by atoms with van der Waals surface area (Å²) in [5.41, 5.74) is 4.80. The lowest BCUT2D eigenvalue weighted by molar-refractivity contribution is 0.265. The van der Waals surface area contributed by atoms with Gasteiger partial charge < -0.3 is 5.73 Å². The molecule has 0 radical (unpaired) electrons. The maximum Gasteiger partial charge on any atom is 0.245 e. The Bertz CT molecular complexity index is 61.8. The van der Waals surface area contributed by atoms with Crippen LogP contribution < -0.4 is 5.73 Å². The monoisotopic (exact) mass is 85.1 g/mol. The van der Waals surface area contributed by atoms with Crippen molar-refractivity contribution in [3.8, 4) is 0 Å². The molecule has 0 heterocycles. The molecule has 0 aliphatic heterocycles. The second kappa shape index (κ2) is 1.85. The van der Waals surface area contributed by atoms with E-state index in [0.717, 1.165) is 0 Å². The number of primary amides is 1. The van der Waals surface area contributed by atoms with Gasteiger partial charge in [0.05, 0.1) is 0 Å². The normalized spacial score (nSPS) is 7.67. The third-order valence-corrected chi connectivity index (χ3v) is 0.569. The van der Waals surface area contributed by atoms with Crippen LogP contribution in [0, 0.1) is 0 Å². The predicted octanol–water partition coefficient (Wildman–Crippen LogP) is 0.401. The van der Waals surface area contributed by atoms with Gasteiger partial charge in [-0.1, -0.05) is 13.6 Å². The van der Waals surface area contributed by atoms with Crippen molar-refractivity contribution < 1.29 is 4.79 Å². The molecule has 0 aliphatic rings. The van der Waals surface area contributed by atoms with Gasteiger partial charge in [-0.15, -0.1) is 0 Å². The Kier molecular flexibility index (Phi) is 1.71. The van der Waals surface area contributed by atoms with Crippen LogP contribution in [0.2, 0.25) is 13.6 Å². The fourth-order valence-corrected chi connectivity index (χ4v) is 0. The summed E-state index contributed by atoms with van der Waals surface area (Å²) in [5, 5.41) is 0. The Labute approximate surface area is 37.8 Å². The van der Waals surface area contributed by atoms with E-state index >= 15 is 0 Å². The molecule has 0 unspecified atom stereocenters. The second-order valence-corrected chi connectivity index (χ2v) is 1.56. The first kappa shape index (κ1) is 5.53. The Balaban J connectivity index is 3.26. The lowest BCUT2D eigenvalue weighted by atomic mass is 9.54. The van der Waals surface area contributed by atoms with Crippen LogP contribution in [0.25, 0.3) is 0 Å². The number of carbonyl (C=O) groups is 1. The van der Waals surface area contributed by atoms with E-state index in [1.807, 2.05) is 0 Å². The van der Waals surface area contributed by atoms with Gasteiger partial charge in [0, 0.05) is 0 Å². The van der Waals surface area contributed by atoms with Gasteiger partial charge in [0.25, 0.3) is 0 Å². The largest absolute Gasteiger partial charge is 0.378 e. The number of nitrogens with two attached hydrogens (primary N) is 1. The first-order chi connectivity index (χ1) is 2.64. The average Bonchev–Trinajstić information content (AvgIpc) is 1.36. The van der Waals surface area contributed by atoms with Crippen molar-refractivity contribution >= 4 is 12.5 Å². The molecule has 6 heavy (non-hydrogen) atoms. The van der Waals surface area contributed by atoms with Crippen molar-refractivity contribution in [1.29, 1.82) is 0 Å². The van der Waals surface area contributed by atoms with Crippen molar-refractivity contribution in [3.05, 3.63) is 0 Å². The minimum absolute atomic E-state index is 0.00926. The molecule has 34 valence electrons. The number of carbonyl (C=O) groups excluding carboxylic acids is 1. The zero-order valence-electron chi connectivity index (χ0n) is 4.06. The summed E-state index contributed by atoms with van der Waals surface area (Å²) in [7, 11) is 0. The highest BCUT2D eigenvalue weighted by Crippen LogP contribution is 1.74. The highest BCUT2D eigenvalue weighted by atomic mass is 16.1. The smallest absolute Gasteiger partial charge is 0.245 e. The minimum Gasteiger partial charge on any atom is -0.378 e. The number of hydrogen-bond acceptors (Lipinski definition) is 1. The van der Waals surface area contributed by atoms with Crippen LogP contribution in [0.3, 0.4) is 0 Å². The highest BCUT2D eigenvalue weighted by molar-refractivity contribution is 6.87. The molecule has 1 amide bonds. The van der Waals surface area contributed by atoms with Gasteiger partial charge in [-0.2, -0.15) is 0 Å². The van der Waals surface area contributed by atoms with Gasteiger partial charge in [0.1, 0.15) is 0 Å². The Morgan fingerprint density at radius 3 is 1.83 bits per heavy atom. The van der Waals surface area contributed by atoms with Crippen molar-refractivity contribution in [3.63, 3.8) is 0 Å². The number of amides is 1. The summed E-state index contributed by atoms with van der Waals surface area (Å²) in [5.74, 6) is -0.241. The topological polar surface area (TPSA) is 43.1 Å². The fraction of sp³-hybridized carbons (Fsp3) is 0.667. The molecule has 2 N–H and O–H groups in total. The van der Waals surface area contributed by atoms with Gasteiger partial charge in [0.2, 0.25) is 6.71 Å². The molecule has 0 aliphatic carbocycles. The summed E-state index contributed by atoms with van der Waals surface area (Å²) in [4.78, 5) is 9.92. The molecular formula is C3H8BNO. The maximum atomic E-state index is 9.92. The molecule has 0 aromatic carbocycles. The SMILES string of the molecule is CB(C)C(N)=O. The quantitative estimate of drug-likeness (QED) is 0.460. The first-order valence-electron chi connectivity index (χ1n) is 1.94. The van der Waals surface area contributed by atoms with Crippen molar-refractivity contribution in [2.45, 2.75) is 13.6 Å². The van der Waals surface area contributed by atoms with Gasteiger partial charge >= 0.3 is 0 Å². The Morgan fingerprint density at radius 2 is 1.83 bits per heavy atom. The lowest BCUT2D eigenvalue weighted by Crippen LogP contribution is -2.24. The van der Waals surface area contributed by atoms with E-state index in [9.17, 15) is 4.79 Å². The predicted molar refractivity (Wildman–Crippen MR) is 27.1 cm³/mol. The van der Waals surface area contributed by atoms with Crippen LogP contribution in [0.4, 0.5) is 4.79 Å². The fourth-order valence-electron chi connectivity index (χ4n) is 0. The number of rotatable bonds is 1. The van der Waals surface area contributed by atoms with Crippen LogP contribution in [0.1, 0.15) is 0 Å². The molecule has 0 aromatic heterocycles. The maximum absolute atomic E-state index is 9.92. The van der Waals surface area contributed by atoms with E-state index in [1.54, 1.807) is 13.6 Å². The first-order valence-corrected chi connectivity index (χ1v) is 1.94. The Hall–Kier alpha value is -0.465. The van der Waals surface area contributed by atoms with E-state index in [4.69, 9.17) is 5.73 Å². The summed E-state index contributed by atoms with van der Waals surface area (Å²) >= 11 is 0. The molecule has 0 rings (SSSR count). The van der Waals surface area contributed by atoms with E-state index < -0.39 is 0 Å². The zero-order valence-corrected chi connectivity index (χ0v) is 4.06.